The number of hydrogen-bond donors (Lipinski definition) is 0. The van der Waals surface area contributed by atoms with Crippen LogP contribution in [-0.2, 0) is 4.74 Å². The van der Waals surface area contributed by atoms with Gasteiger partial charge in [0.25, 0.3) is 5.71 Å². The highest BCUT2D eigenvalue weighted by molar-refractivity contribution is 6.29. The highest BCUT2D eigenvalue weighted by atomic mass is 35.5. The fraction of sp³-hybridized carbons (Fsp3) is 0.167. The lowest BCUT2D eigenvalue weighted by atomic mass is 10.0. The Bertz CT molecular complexity index is 929. The van der Waals surface area contributed by atoms with Crippen LogP contribution in [0.3, 0.4) is 0 Å². The van der Waals surface area contributed by atoms with Crippen LogP contribution in [0.15, 0.2) is 46.5 Å². The summed E-state index contributed by atoms with van der Waals surface area (Å²) in [6.45, 7) is 7.20. The molecule has 0 saturated carbocycles. The molecule has 0 bridgehead atoms. The molecule has 122 valence electrons. The van der Waals surface area contributed by atoms with Crippen molar-refractivity contribution in [1.29, 1.82) is 0 Å². The third kappa shape index (κ3) is 3.16. The van der Waals surface area contributed by atoms with E-state index in [0.29, 0.717) is 28.1 Å². The first-order chi connectivity index (χ1) is 11.5. The Balaban J connectivity index is 2.11. The molecule has 0 radical (unpaired) electrons. The molecular formula is C18H15ClN2O3. The van der Waals surface area contributed by atoms with E-state index in [1.807, 2.05) is 31.2 Å². The van der Waals surface area contributed by atoms with E-state index in [-0.39, 0.29) is 11.6 Å². The van der Waals surface area contributed by atoms with Crippen molar-refractivity contribution in [1.82, 2.24) is 10.1 Å². The van der Waals surface area contributed by atoms with Gasteiger partial charge in [0.1, 0.15) is 6.61 Å². The van der Waals surface area contributed by atoms with Gasteiger partial charge < -0.3 is 9.26 Å². The molecule has 2 aromatic heterocycles. The van der Waals surface area contributed by atoms with Crippen LogP contribution in [0.25, 0.3) is 22.4 Å². The third-order valence-corrected chi connectivity index (χ3v) is 3.65. The molecule has 0 fully saturated rings. The molecule has 0 aliphatic rings. The van der Waals surface area contributed by atoms with Crippen LogP contribution in [0.5, 0.6) is 0 Å². The number of aryl methyl sites for hydroxylation is 2. The summed E-state index contributed by atoms with van der Waals surface area (Å²) >= 11 is 5.66. The van der Waals surface area contributed by atoms with Gasteiger partial charge in [-0.15, -0.1) is 0 Å². The molecule has 0 amide bonds. The summed E-state index contributed by atoms with van der Waals surface area (Å²) in [6, 6.07) is 9.49. The van der Waals surface area contributed by atoms with Crippen molar-refractivity contribution in [2.45, 2.75) is 13.8 Å². The second kappa shape index (κ2) is 6.45. The number of halogens is 1. The van der Waals surface area contributed by atoms with E-state index in [4.69, 9.17) is 20.9 Å². The Kier molecular flexibility index (Phi) is 4.36. The molecule has 5 nitrogen and oxygen atoms in total. The second-order valence-electron chi connectivity index (χ2n) is 5.46. The van der Waals surface area contributed by atoms with Crippen molar-refractivity contribution in [3.05, 3.63) is 58.8 Å². The summed E-state index contributed by atoms with van der Waals surface area (Å²) in [6.07, 6.45) is 0. The minimum Gasteiger partial charge on any atom is -0.456 e. The Labute approximate surface area is 143 Å². The minimum absolute atomic E-state index is 0.0611. The number of hydrogen-bond acceptors (Lipinski definition) is 5. The Morgan fingerprint density at radius 2 is 2.00 bits per heavy atom. The topological polar surface area (TPSA) is 65.2 Å². The summed E-state index contributed by atoms with van der Waals surface area (Å²) in [7, 11) is 0. The molecule has 2 heterocycles. The summed E-state index contributed by atoms with van der Waals surface area (Å²) in [4.78, 5) is 16.9. The number of fused-ring (bicyclic) bond motifs is 1. The summed E-state index contributed by atoms with van der Waals surface area (Å²) < 4.78 is 10.4. The zero-order valence-corrected chi connectivity index (χ0v) is 14.1. The first-order valence-corrected chi connectivity index (χ1v) is 7.68. The second-order valence-corrected chi connectivity index (χ2v) is 6.00. The molecule has 6 heteroatoms. The highest BCUT2D eigenvalue weighted by Crippen LogP contribution is 2.27. The van der Waals surface area contributed by atoms with Crippen LogP contribution in [0.1, 0.15) is 21.6 Å². The van der Waals surface area contributed by atoms with Gasteiger partial charge in [0.2, 0.25) is 0 Å². The van der Waals surface area contributed by atoms with Crippen molar-refractivity contribution >= 4 is 28.7 Å². The van der Waals surface area contributed by atoms with Crippen LogP contribution in [0.2, 0.25) is 0 Å². The number of benzene rings is 1. The number of rotatable bonds is 4. The molecule has 0 N–H and O–H groups in total. The Morgan fingerprint density at radius 3 is 2.67 bits per heavy atom. The van der Waals surface area contributed by atoms with Crippen molar-refractivity contribution in [2.24, 2.45) is 0 Å². The van der Waals surface area contributed by atoms with E-state index in [1.54, 1.807) is 13.0 Å². The van der Waals surface area contributed by atoms with E-state index in [0.717, 1.165) is 11.1 Å². The lowest BCUT2D eigenvalue weighted by molar-refractivity contribution is 0.0548. The predicted molar refractivity (Wildman–Crippen MR) is 92.0 cm³/mol. The van der Waals surface area contributed by atoms with E-state index < -0.39 is 5.97 Å². The molecule has 0 atom stereocenters. The standard InChI is InChI=1S/C18H15ClN2O3/c1-10-4-6-13(7-5-10)15-8-14(18(22)23-9-11(2)19)16-12(3)21-24-17(16)20-15/h4-8H,2,9H2,1,3H3. The molecular weight excluding hydrogens is 328 g/mol. The third-order valence-electron chi connectivity index (χ3n) is 3.54. The fourth-order valence-electron chi connectivity index (χ4n) is 2.35. The van der Waals surface area contributed by atoms with E-state index >= 15 is 0 Å². The maximum absolute atomic E-state index is 12.4. The number of carbonyl (C=O) groups is 1. The molecule has 3 rings (SSSR count). The average Bonchev–Trinajstić information content (AvgIpc) is 2.94. The van der Waals surface area contributed by atoms with Crippen LogP contribution < -0.4 is 0 Å². The van der Waals surface area contributed by atoms with Gasteiger partial charge in [-0.3, -0.25) is 0 Å². The smallest absolute Gasteiger partial charge is 0.339 e. The van der Waals surface area contributed by atoms with Crippen molar-refractivity contribution in [3.8, 4) is 11.3 Å². The van der Waals surface area contributed by atoms with Gasteiger partial charge in [-0.2, -0.15) is 0 Å². The normalized spacial score (nSPS) is 10.8. The number of carbonyl (C=O) groups excluding carboxylic acids is 1. The van der Waals surface area contributed by atoms with Crippen molar-refractivity contribution in [3.63, 3.8) is 0 Å². The fourth-order valence-corrected chi connectivity index (χ4v) is 2.40. The predicted octanol–water partition coefficient (Wildman–Crippen LogP) is 4.42. The van der Waals surface area contributed by atoms with Gasteiger partial charge in [-0.25, -0.2) is 9.78 Å². The molecule has 0 aliphatic heterocycles. The lowest BCUT2D eigenvalue weighted by Crippen LogP contribution is -2.08. The number of ether oxygens (including phenoxy) is 1. The lowest BCUT2D eigenvalue weighted by Gasteiger charge is -2.07. The Hall–Kier alpha value is -2.66. The monoisotopic (exact) mass is 342 g/mol. The van der Waals surface area contributed by atoms with Gasteiger partial charge in [0.05, 0.1) is 22.3 Å². The SMILES string of the molecule is C=C(Cl)COC(=O)c1cc(-c2ccc(C)cc2)nc2onc(C)c12. The molecule has 0 saturated heterocycles. The zero-order chi connectivity index (χ0) is 17.3. The minimum atomic E-state index is -0.524. The maximum atomic E-state index is 12.4. The summed E-state index contributed by atoms with van der Waals surface area (Å²) in [5, 5.41) is 4.68. The van der Waals surface area contributed by atoms with Crippen LogP contribution in [-0.4, -0.2) is 22.7 Å². The molecule has 24 heavy (non-hydrogen) atoms. The van der Waals surface area contributed by atoms with E-state index in [9.17, 15) is 4.79 Å². The average molecular weight is 343 g/mol. The van der Waals surface area contributed by atoms with E-state index in [1.165, 1.54) is 0 Å². The zero-order valence-electron chi connectivity index (χ0n) is 13.3. The number of aromatic nitrogens is 2. The quantitative estimate of drug-likeness (QED) is 0.657. The highest BCUT2D eigenvalue weighted by Gasteiger charge is 2.20. The van der Waals surface area contributed by atoms with Crippen LogP contribution >= 0.6 is 11.6 Å². The van der Waals surface area contributed by atoms with Gasteiger partial charge in [0.15, 0.2) is 0 Å². The van der Waals surface area contributed by atoms with Crippen LogP contribution in [0.4, 0.5) is 0 Å². The molecule has 0 spiro atoms. The molecule has 3 aromatic rings. The largest absolute Gasteiger partial charge is 0.456 e. The molecule has 0 aliphatic carbocycles. The van der Waals surface area contributed by atoms with Crippen molar-refractivity contribution in [2.75, 3.05) is 6.61 Å². The van der Waals surface area contributed by atoms with Gasteiger partial charge in [-0.1, -0.05) is 53.2 Å². The number of pyridine rings is 1. The first kappa shape index (κ1) is 16.2. The number of esters is 1. The van der Waals surface area contributed by atoms with Crippen LogP contribution in [0, 0.1) is 13.8 Å². The van der Waals surface area contributed by atoms with Gasteiger partial charge in [0, 0.05) is 10.6 Å². The summed E-state index contributed by atoms with van der Waals surface area (Å²) in [5.74, 6) is -0.524. The summed E-state index contributed by atoms with van der Waals surface area (Å²) in [5.41, 5.74) is 3.82. The van der Waals surface area contributed by atoms with E-state index in [2.05, 4.69) is 16.7 Å². The number of nitrogens with zero attached hydrogens (tertiary/aromatic N) is 2. The van der Waals surface area contributed by atoms with Gasteiger partial charge >= 0.3 is 5.97 Å². The van der Waals surface area contributed by atoms with Crippen molar-refractivity contribution < 1.29 is 14.1 Å². The Morgan fingerprint density at radius 1 is 1.29 bits per heavy atom. The maximum Gasteiger partial charge on any atom is 0.339 e. The molecule has 0 unspecified atom stereocenters. The van der Waals surface area contributed by atoms with Gasteiger partial charge in [-0.05, 0) is 19.9 Å². The first-order valence-electron chi connectivity index (χ1n) is 7.30. The molecule has 1 aromatic carbocycles.